The van der Waals surface area contributed by atoms with E-state index in [0.717, 1.165) is 25.7 Å². The Morgan fingerprint density at radius 1 is 1.33 bits per heavy atom. The molecule has 33 heavy (non-hydrogen) atoms. The van der Waals surface area contributed by atoms with Crippen molar-refractivity contribution in [2.45, 2.75) is 121 Å². The first kappa shape index (κ1) is 26.3. The number of carbonyl (C=O) groups excluding carboxylic acids is 2. The van der Waals surface area contributed by atoms with Gasteiger partial charge in [0.25, 0.3) is 5.91 Å². The number of amides is 2. The third-order valence-electron chi connectivity index (χ3n) is 7.82. The van der Waals surface area contributed by atoms with Gasteiger partial charge in [0.15, 0.2) is 0 Å². The summed E-state index contributed by atoms with van der Waals surface area (Å²) in [6.07, 6.45) is 5.66. The number of thioether (sulfide) groups is 1. The molecule has 2 heterocycles. The zero-order valence-corrected chi connectivity index (χ0v) is 22.0. The van der Waals surface area contributed by atoms with E-state index in [1.165, 1.54) is 23.1 Å². The molecule has 2 saturated heterocycles. The molecule has 0 aromatic carbocycles. The van der Waals surface area contributed by atoms with E-state index in [-0.39, 0.29) is 23.3 Å². The SMILES string of the molecule is CCCC[C@](C)(O[C@@H]1C[C@@H](C)CC[C@@H]1C(C)C)C(=O)N[C@H]1C(=O)N2[C@@H]1SC(C)(C)[C@@H]2C(=O)O. The Balaban J connectivity index is 1.76. The van der Waals surface area contributed by atoms with E-state index < -0.39 is 28.4 Å². The van der Waals surface area contributed by atoms with Crippen molar-refractivity contribution in [3.63, 3.8) is 0 Å². The lowest BCUT2D eigenvalue weighted by Crippen LogP contribution is -2.72. The largest absolute Gasteiger partial charge is 0.480 e. The first-order chi connectivity index (χ1) is 15.3. The van der Waals surface area contributed by atoms with Gasteiger partial charge in [-0.3, -0.25) is 9.59 Å². The van der Waals surface area contributed by atoms with Crippen LogP contribution in [-0.4, -0.2) is 61.7 Å². The van der Waals surface area contributed by atoms with Gasteiger partial charge in [0.2, 0.25) is 5.91 Å². The molecule has 3 rings (SSSR count). The minimum Gasteiger partial charge on any atom is -0.480 e. The second-order valence-electron chi connectivity index (χ2n) is 11.4. The van der Waals surface area contributed by atoms with E-state index in [2.05, 4.69) is 33.0 Å². The molecule has 3 aliphatic rings. The maximum absolute atomic E-state index is 13.6. The number of β-lactam (4-membered cyclic amide) rings is 1. The lowest BCUT2D eigenvalue weighted by molar-refractivity contribution is -0.172. The molecule has 1 aliphatic carbocycles. The van der Waals surface area contributed by atoms with E-state index in [1.54, 1.807) is 0 Å². The molecule has 2 aliphatic heterocycles. The zero-order valence-electron chi connectivity index (χ0n) is 21.2. The predicted octanol–water partition coefficient (Wildman–Crippen LogP) is 4.04. The monoisotopic (exact) mass is 482 g/mol. The van der Waals surface area contributed by atoms with Crippen LogP contribution in [0, 0.1) is 17.8 Å². The summed E-state index contributed by atoms with van der Waals surface area (Å²) in [7, 11) is 0. The number of nitrogens with zero attached hydrogens (tertiary/aromatic N) is 1. The fourth-order valence-corrected chi connectivity index (χ4v) is 7.39. The summed E-state index contributed by atoms with van der Waals surface area (Å²) < 4.78 is 6.05. The van der Waals surface area contributed by atoms with Gasteiger partial charge in [-0.1, -0.05) is 47.0 Å². The van der Waals surface area contributed by atoms with Gasteiger partial charge in [-0.05, 0) is 57.8 Å². The highest BCUT2D eigenvalue weighted by Crippen LogP contribution is 2.51. The molecule has 8 heteroatoms. The van der Waals surface area contributed by atoms with Gasteiger partial charge in [-0.2, -0.15) is 0 Å². The standard InChI is InChI=1S/C25H42N2O5S/c1-8-9-12-25(7,32-17-13-15(4)10-11-16(17)14(2)3)23(31)26-18-20(28)27-19(22(29)30)24(5,6)33-21(18)27/h14-19,21H,8-13H2,1-7H3,(H,26,31)(H,29,30)/t15-,16+,17+,18-,19-,21+,25-/m0/s1. The zero-order chi connectivity index (χ0) is 24.7. The predicted molar refractivity (Wildman–Crippen MR) is 130 cm³/mol. The van der Waals surface area contributed by atoms with Crippen molar-refractivity contribution in [2.24, 2.45) is 17.8 Å². The molecule has 0 aromatic heterocycles. The van der Waals surface area contributed by atoms with E-state index in [4.69, 9.17) is 4.74 Å². The van der Waals surface area contributed by atoms with Crippen LogP contribution in [0.4, 0.5) is 0 Å². The third kappa shape index (κ3) is 5.07. The summed E-state index contributed by atoms with van der Waals surface area (Å²) >= 11 is 1.45. The highest BCUT2D eigenvalue weighted by Gasteiger charge is 2.64. The molecule has 0 bridgehead atoms. The second-order valence-corrected chi connectivity index (χ2v) is 13.1. The fourth-order valence-electron chi connectivity index (χ4n) is 5.76. The Morgan fingerprint density at radius 2 is 2.00 bits per heavy atom. The normalized spacial score (nSPS) is 35.0. The number of rotatable bonds is 9. The summed E-state index contributed by atoms with van der Waals surface area (Å²) in [6, 6.07) is -1.59. The molecule has 2 N–H and O–H groups in total. The number of carbonyl (C=O) groups is 3. The highest BCUT2D eigenvalue weighted by molar-refractivity contribution is 8.01. The number of ether oxygens (including phenoxy) is 1. The first-order valence-corrected chi connectivity index (χ1v) is 13.4. The quantitative estimate of drug-likeness (QED) is 0.482. The van der Waals surface area contributed by atoms with Crippen molar-refractivity contribution in [1.29, 1.82) is 0 Å². The van der Waals surface area contributed by atoms with Crippen LogP contribution in [0.15, 0.2) is 0 Å². The molecule has 3 fully saturated rings. The summed E-state index contributed by atoms with van der Waals surface area (Å²) in [5.74, 6) is -0.119. The summed E-state index contributed by atoms with van der Waals surface area (Å²) in [4.78, 5) is 39.7. The molecule has 0 spiro atoms. The van der Waals surface area contributed by atoms with Gasteiger partial charge in [0.05, 0.1) is 6.10 Å². The molecule has 7 nitrogen and oxygen atoms in total. The van der Waals surface area contributed by atoms with E-state index in [0.29, 0.717) is 24.2 Å². The number of carboxylic acid groups (broad SMARTS) is 1. The van der Waals surface area contributed by atoms with Crippen molar-refractivity contribution in [1.82, 2.24) is 10.2 Å². The number of carboxylic acids is 1. The molecular formula is C25H42N2O5S. The van der Waals surface area contributed by atoms with Crippen molar-refractivity contribution >= 4 is 29.5 Å². The number of hydrogen-bond acceptors (Lipinski definition) is 5. The van der Waals surface area contributed by atoms with Crippen LogP contribution in [0.5, 0.6) is 0 Å². The van der Waals surface area contributed by atoms with Crippen LogP contribution in [0.25, 0.3) is 0 Å². The molecule has 7 atom stereocenters. The number of unbranched alkanes of at least 4 members (excludes halogenated alkanes) is 1. The van der Waals surface area contributed by atoms with E-state index in [1.807, 2.05) is 20.8 Å². The molecular weight excluding hydrogens is 440 g/mol. The van der Waals surface area contributed by atoms with Gasteiger partial charge in [0, 0.05) is 4.75 Å². The lowest BCUT2D eigenvalue weighted by Gasteiger charge is -2.46. The van der Waals surface area contributed by atoms with E-state index >= 15 is 0 Å². The van der Waals surface area contributed by atoms with Crippen molar-refractivity contribution in [3.8, 4) is 0 Å². The smallest absolute Gasteiger partial charge is 0.327 e. The Morgan fingerprint density at radius 3 is 2.58 bits per heavy atom. The molecule has 0 radical (unpaired) electrons. The van der Waals surface area contributed by atoms with Crippen LogP contribution in [0.1, 0.15) is 87.0 Å². The van der Waals surface area contributed by atoms with Gasteiger partial charge >= 0.3 is 5.97 Å². The fraction of sp³-hybridized carbons (Fsp3) is 0.880. The van der Waals surface area contributed by atoms with Crippen molar-refractivity contribution in [3.05, 3.63) is 0 Å². The lowest BCUT2D eigenvalue weighted by atomic mass is 9.75. The molecule has 188 valence electrons. The Labute approximate surface area is 202 Å². The third-order valence-corrected chi connectivity index (χ3v) is 9.39. The number of aliphatic carboxylic acids is 1. The van der Waals surface area contributed by atoms with E-state index in [9.17, 15) is 19.5 Å². The van der Waals surface area contributed by atoms with Crippen LogP contribution in [-0.2, 0) is 19.1 Å². The molecule has 0 aromatic rings. The number of nitrogens with one attached hydrogen (secondary N) is 1. The van der Waals surface area contributed by atoms with Crippen molar-refractivity contribution < 1.29 is 24.2 Å². The summed E-state index contributed by atoms with van der Waals surface area (Å²) in [5, 5.41) is 12.2. The first-order valence-electron chi connectivity index (χ1n) is 12.5. The molecule has 1 saturated carbocycles. The Hall–Kier alpha value is -1.28. The van der Waals surface area contributed by atoms with Crippen molar-refractivity contribution in [2.75, 3.05) is 0 Å². The highest BCUT2D eigenvalue weighted by atomic mass is 32.2. The van der Waals surface area contributed by atoms with Crippen LogP contribution in [0.2, 0.25) is 0 Å². The minimum absolute atomic E-state index is 0.0196. The topological polar surface area (TPSA) is 95.9 Å². The Kier molecular flexibility index (Phi) is 7.79. The van der Waals surface area contributed by atoms with Crippen LogP contribution in [0.3, 0.4) is 0 Å². The second kappa shape index (κ2) is 9.76. The average molecular weight is 483 g/mol. The average Bonchev–Trinajstić information content (AvgIpc) is 2.98. The molecule has 0 unspecified atom stereocenters. The number of hydrogen-bond donors (Lipinski definition) is 2. The van der Waals surface area contributed by atoms with Gasteiger partial charge < -0.3 is 20.1 Å². The van der Waals surface area contributed by atoms with Gasteiger partial charge in [0.1, 0.15) is 23.1 Å². The summed E-state index contributed by atoms with van der Waals surface area (Å²) in [5.41, 5.74) is -1.02. The maximum Gasteiger partial charge on any atom is 0.327 e. The van der Waals surface area contributed by atoms with Crippen LogP contribution >= 0.6 is 11.8 Å². The Bertz CT molecular complexity index is 772. The molecule has 2 amide bonds. The number of fused-ring (bicyclic) bond motifs is 1. The minimum atomic E-state index is -1.02. The van der Waals surface area contributed by atoms with Gasteiger partial charge in [-0.15, -0.1) is 11.8 Å². The summed E-state index contributed by atoms with van der Waals surface area (Å²) in [6.45, 7) is 14.3. The maximum atomic E-state index is 13.6. The van der Waals surface area contributed by atoms with Crippen LogP contribution < -0.4 is 5.32 Å². The van der Waals surface area contributed by atoms with Gasteiger partial charge in [-0.25, -0.2) is 4.79 Å².